The van der Waals surface area contributed by atoms with Gasteiger partial charge in [0.2, 0.25) is 5.96 Å². The van der Waals surface area contributed by atoms with Gasteiger partial charge in [-0.3, -0.25) is 4.90 Å². The molecule has 20 heavy (non-hydrogen) atoms. The molecule has 0 unspecified atom stereocenters. The molecule has 1 aromatic carbocycles. The fourth-order valence-corrected chi connectivity index (χ4v) is 1.55. The van der Waals surface area contributed by atoms with Gasteiger partial charge in [0.15, 0.2) is 5.11 Å². The summed E-state index contributed by atoms with van der Waals surface area (Å²) in [7, 11) is 1.60. The predicted molar refractivity (Wildman–Crippen MR) is 87.3 cm³/mol. The van der Waals surface area contributed by atoms with Gasteiger partial charge in [0.25, 0.3) is 0 Å². The van der Waals surface area contributed by atoms with Gasteiger partial charge >= 0.3 is 0 Å². The summed E-state index contributed by atoms with van der Waals surface area (Å²) in [6.07, 6.45) is 0.798. The predicted octanol–water partition coefficient (Wildman–Crippen LogP) is 1.85. The van der Waals surface area contributed by atoms with Gasteiger partial charge in [-0.2, -0.15) is 5.10 Å². The van der Waals surface area contributed by atoms with Crippen LogP contribution in [-0.4, -0.2) is 23.9 Å². The van der Waals surface area contributed by atoms with Gasteiger partial charge in [-0.05, 0) is 49.8 Å². The van der Waals surface area contributed by atoms with E-state index in [1.165, 1.54) is 4.90 Å². The molecule has 0 radical (unpaired) electrons. The van der Waals surface area contributed by atoms with Crippen molar-refractivity contribution < 1.29 is 4.74 Å². The molecule has 4 N–H and O–H groups in total. The topological polar surface area (TPSA) is 89.2 Å². The number of hydrogen-bond acceptors (Lipinski definition) is 4. The minimum atomic E-state index is 0.0979. The van der Waals surface area contributed by atoms with Crippen molar-refractivity contribution in [3.8, 4) is 5.75 Å². The van der Waals surface area contributed by atoms with E-state index in [0.717, 1.165) is 17.9 Å². The molecule has 0 fully saturated rings. The lowest BCUT2D eigenvalue weighted by Gasteiger charge is -2.21. The van der Waals surface area contributed by atoms with Crippen molar-refractivity contribution in [3.63, 3.8) is 0 Å². The molecule has 0 saturated carbocycles. The first-order valence-electron chi connectivity index (χ1n) is 6.09. The normalized spacial score (nSPS) is 12.2. The van der Waals surface area contributed by atoms with Gasteiger partial charge in [-0.25, -0.2) is 0 Å². The zero-order chi connectivity index (χ0) is 15.1. The third-order valence-electron chi connectivity index (χ3n) is 2.61. The molecule has 6 nitrogen and oxygen atoms in total. The lowest BCUT2D eigenvalue weighted by atomic mass is 10.3. The minimum Gasteiger partial charge on any atom is -0.497 e. The summed E-state index contributed by atoms with van der Waals surface area (Å²) in [5, 5.41) is 8.05. The first kappa shape index (κ1) is 15.9. The Morgan fingerprint density at radius 1 is 1.25 bits per heavy atom. The van der Waals surface area contributed by atoms with Crippen LogP contribution in [0, 0.1) is 0 Å². The second-order valence-corrected chi connectivity index (χ2v) is 4.44. The maximum atomic E-state index is 5.89. The van der Waals surface area contributed by atoms with Crippen LogP contribution in [0.1, 0.15) is 20.3 Å². The highest BCUT2D eigenvalue weighted by Gasteiger charge is 2.14. The van der Waals surface area contributed by atoms with Gasteiger partial charge in [-0.1, -0.05) is 6.92 Å². The van der Waals surface area contributed by atoms with Crippen LogP contribution in [0.25, 0.3) is 0 Å². The Bertz CT molecular complexity index is 524. The number of nitrogens with two attached hydrogens (primary N) is 2. The third kappa shape index (κ3) is 4.20. The monoisotopic (exact) mass is 293 g/mol. The van der Waals surface area contributed by atoms with Crippen LogP contribution in [0.4, 0.5) is 5.69 Å². The summed E-state index contributed by atoms with van der Waals surface area (Å²) in [6, 6.07) is 7.15. The SMILES string of the molecule is CC/C(C)=N/N=C(\N)N(C(N)=S)c1ccc(OC)cc1. The van der Waals surface area contributed by atoms with E-state index in [4.69, 9.17) is 28.4 Å². The van der Waals surface area contributed by atoms with E-state index in [1.807, 2.05) is 13.8 Å². The summed E-state index contributed by atoms with van der Waals surface area (Å²) < 4.78 is 5.10. The fourth-order valence-electron chi connectivity index (χ4n) is 1.36. The molecule has 0 bridgehead atoms. The van der Waals surface area contributed by atoms with E-state index < -0.39 is 0 Å². The molecular weight excluding hydrogens is 274 g/mol. The molecule has 0 spiro atoms. The van der Waals surface area contributed by atoms with Gasteiger partial charge in [-0.15, -0.1) is 5.10 Å². The highest BCUT2D eigenvalue weighted by Crippen LogP contribution is 2.19. The molecule has 0 atom stereocenters. The summed E-state index contributed by atoms with van der Waals surface area (Å²) in [5.74, 6) is 0.850. The molecule has 0 aliphatic heterocycles. The summed E-state index contributed by atoms with van der Waals surface area (Å²) in [6.45, 7) is 3.86. The highest BCUT2D eigenvalue weighted by atomic mass is 32.1. The molecule has 0 aliphatic carbocycles. The van der Waals surface area contributed by atoms with Crippen LogP contribution in [0.2, 0.25) is 0 Å². The molecule has 1 aromatic rings. The van der Waals surface area contributed by atoms with Crippen molar-refractivity contribution in [1.29, 1.82) is 0 Å². The Balaban J connectivity index is 3.07. The molecule has 0 heterocycles. The Kier molecular flexibility index (Phi) is 5.92. The van der Waals surface area contributed by atoms with E-state index in [0.29, 0.717) is 5.69 Å². The van der Waals surface area contributed by atoms with Crippen molar-refractivity contribution in [2.24, 2.45) is 21.7 Å². The van der Waals surface area contributed by atoms with Crippen LogP contribution >= 0.6 is 12.2 Å². The van der Waals surface area contributed by atoms with Crippen LogP contribution in [0.3, 0.4) is 0 Å². The zero-order valence-corrected chi connectivity index (χ0v) is 12.6. The molecule has 0 saturated heterocycles. The Hall–Kier alpha value is -2.15. The highest BCUT2D eigenvalue weighted by molar-refractivity contribution is 7.80. The van der Waals surface area contributed by atoms with Crippen LogP contribution in [-0.2, 0) is 0 Å². The van der Waals surface area contributed by atoms with Gasteiger partial charge in [0, 0.05) is 5.71 Å². The van der Waals surface area contributed by atoms with Crippen molar-refractivity contribution in [2.75, 3.05) is 12.0 Å². The van der Waals surface area contributed by atoms with Crippen molar-refractivity contribution >= 4 is 34.7 Å². The number of guanidine groups is 1. The Morgan fingerprint density at radius 3 is 2.30 bits per heavy atom. The fraction of sp³-hybridized carbons (Fsp3) is 0.308. The first-order valence-corrected chi connectivity index (χ1v) is 6.50. The minimum absolute atomic E-state index is 0.0979. The lowest BCUT2D eigenvalue weighted by Crippen LogP contribution is -2.45. The summed E-state index contributed by atoms with van der Waals surface area (Å²) in [4.78, 5) is 1.45. The van der Waals surface area contributed by atoms with Crippen LogP contribution in [0.5, 0.6) is 5.75 Å². The molecule has 108 valence electrons. The first-order chi connectivity index (χ1) is 9.49. The standard InChI is InChI=1S/C13H19N5OS/c1-4-9(2)16-17-12(14)18(13(15)20)10-5-7-11(19-3)8-6-10/h5-8H,4H2,1-3H3,(H2,14,17)(H2,15,20)/b16-9+. The number of methoxy groups -OCH3 is 1. The maximum absolute atomic E-state index is 5.89. The second-order valence-electron chi connectivity index (χ2n) is 4.02. The van der Waals surface area contributed by atoms with E-state index in [2.05, 4.69) is 10.2 Å². The molecule has 0 aromatic heterocycles. The maximum Gasteiger partial charge on any atom is 0.227 e. The number of rotatable bonds is 4. The summed E-state index contributed by atoms with van der Waals surface area (Å²) >= 11 is 5.01. The number of ether oxygens (including phenoxy) is 1. The number of benzene rings is 1. The molecule has 0 amide bonds. The number of nitrogens with zero attached hydrogens (tertiary/aromatic N) is 3. The van der Waals surface area contributed by atoms with Crippen molar-refractivity contribution in [1.82, 2.24) is 0 Å². The van der Waals surface area contributed by atoms with Gasteiger partial charge in [0.05, 0.1) is 12.8 Å². The van der Waals surface area contributed by atoms with E-state index in [1.54, 1.807) is 31.4 Å². The van der Waals surface area contributed by atoms with Crippen LogP contribution < -0.4 is 21.1 Å². The second kappa shape index (κ2) is 7.44. The van der Waals surface area contributed by atoms with E-state index in [9.17, 15) is 0 Å². The van der Waals surface area contributed by atoms with E-state index >= 15 is 0 Å². The Labute approximate surface area is 124 Å². The van der Waals surface area contributed by atoms with Crippen molar-refractivity contribution in [2.45, 2.75) is 20.3 Å². The molecule has 1 rings (SSSR count). The van der Waals surface area contributed by atoms with E-state index in [-0.39, 0.29) is 11.1 Å². The van der Waals surface area contributed by atoms with Gasteiger partial charge in [0.1, 0.15) is 5.75 Å². The number of thiocarbonyl (C=S) groups is 1. The van der Waals surface area contributed by atoms with Crippen molar-refractivity contribution in [3.05, 3.63) is 24.3 Å². The molecular formula is C13H19N5OS. The third-order valence-corrected chi connectivity index (χ3v) is 2.80. The quantitative estimate of drug-likeness (QED) is 0.383. The molecule has 7 heteroatoms. The van der Waals surface area contributed by atoms with Gasteiger partial charge < -0.3 is 16.2 Å². The molecule has 0 aliphatic rings. The zero-order valence-electron chi connectivity index (χ0n) is 11.8. The smallest absolute Gasteiger partial charge is 0.227 e. The largest absolute Gasteiger partial charge is 0.497 e. The summed E-state index contributed by atoms with van der Waals surface area (Å²) in [5.41, 5.74) is 13.2. The number of hydrogen-bond donors (Lipinski definition) is 2. The van der Waals surface area contributed by atoms with Crippen LogP contribution in [0.15, 0.2) is 34.5 Å². The average molecular weight is 293 g/mol. The average Bonchev–Trinajstić information content (AvgIpc) is 2.45. The lowest BCUT2D eigenvalue weighted by molar-refractivity contribution is 0.415. The Morgan fingerprint density at radius 2 is 1.85 bits per heavy atom. The number of anilines is 1.